The fourth-order valence-electron chi connectivity index (χ4n) is 15.1. The molecule has 0 amide bonds. The lowest BCUT2D eigenvalue weighted by Crippen LogP contribution is -2.24. The van der Waals surface area contributed by atoms with Crippen LogP contribution in [0.3, 0.4) is 0 Å². The van der Waals surface area contributed by atoms with Crippen LogP contribution >= 0.6 is 0 Å². The smallest absolute Gasteiger partial charge is 0.139 e. The quantitative estimate of drug-likeness (QED) is 0.0555. The van der Waals surface area contributed by atoms with Gasteiger partial charge in [0.25, 0.3) is 0 Å². The van der Waals surface area contributed by atoms with E-state index in [9.17, 15) is 4.79 Å². The van der Waals surface area contributed by atoms with Gasteiger partial charge in [0.05, 0.1) is 0 Å². The summed E-state index contributed by atoms with van der Waals surface area (Å²) in [5.41, 5.74) is 0. The van der Waals surface area contributed by atoms with E-state index in [0.717, 1.165) is 5.78 Å². The summed E-state index contributed by atoms with van der Waals surface area (Å²) < 4.78 is 0. The van der Waals surface area contributed by atoms with E-state index < -0.39 is 0 Å². The fraction of sp³-hybridized carbons (Fsp3) is 0.989. The van der Waals surface area contributed by atoms with Crippen LogP contribution in [0.1, 0.15) is 541 Å². The van der Waals surface area contributed by atoms with Crippen LogP contribution in [-0.2, 0) is 4.79 Å². The van der Waals surface area contributed by atoms with Crippen LogP contribution < -0.4 is 0 Å². The minimum absolute atomic E-state index is 0.335. The van der Waals surface area contributed by atoms with Crippen molar-refractivity contribution in [3.8, 4) is 0 Å². The van der Waals surface area contributed by atoms with Gasteiger partial charge in [-0.3, -0.25) is 4.79 Å². The minimum atomic E-state index is 0.335. The third-order valence-corrected chi connectivity index (χ3v) is 21.4. The van der Waals surface area contributed by atoms with E-state index in [2.05, 4.69) is 27.7 Å². The zero-order valence-corrected chi connectivity index (χ0v) is 62.6. The monoisotopic (exact) mass is 1240 g/mol. The molecule has 528 valence electrons. The number of Topliss-reactive ketones (excluding diaryl/α,β-unsaturated/α-hetero) is 1. The molecule has 88 heavy (non-hydrogen) atoms. The molecule has 0 aliphatic heterocycles. The Kier molecular flexibility index (Phi) is 80.6. The molecule has 0 spiro atoms. The Morgan fingerprint density at radius 1 is 0.136 bits per heavy atom. The SMILES string of the molecule is CCCCCCCCCCCCCCCCCCCCCC(CCCCCCCCCCCCCCCCCCCCC)C(=O)C(CCCCCCCCCCCCCCCCCCCCC)CCCCCCCCCCCCCCCCCCCCC. The van der Waals surface area contributed by atoms with E-state index in [4.69, 9.17) is 0 Å². The van der Waals surface area contributed by atoms with Crippen LogP contribution in [0.25, 0.3) is 0 Å². The van der Waals surface area contributed by atoms with E-state index in [-0.39, 0.29) is 0 Å². The molecule has 0 aromatic heterocycles. The molecule has 0 aromatic carbocycles. The van der Waals surface area contributed by atoms with Crippen LogP contribution in [-0.4, -0.2) is 5.78 Å². The van der Waals surface area contributed by atoms with E-state index in [0.29, 0.717) is 11.8 Å². The van der Waals surface area contributed by atoms with Crippen LogP contribution in [0.5, 0.6) is 0 Å². The number of rotatable bonds is 82. The Morgan fingerprint density at radius 3 is 0.307 bits per heavy atom. The maximum atomic E-state index is 14.9. The maximum absolute atomic E-state index is 14.9. The first kappa shape index (κ1) is 87.7. The molecular formula is C87H174O. The second-order valence-corrected chi connectivity index (χ2v) is 30.4. The highest BCUT2D eigenvalue weighted by molar-refractivity contribution is 5.83. The molecule has 0 heterocycles. The van der Waals surface area contributed by atoms with Gasteiger partial charge in [0.15, 0.2) is 0 Å². The van der Waals surface area contributed by atoms with Crippen LogP contribution in [0.15, 0.2) is 0 Å². The van der Waals surface area contributed by atoms with Crippen molar-refractivity contribution in [2.45, 2.75) is 541 Å². The van der Waals surface area contributed by atoms with Crippen molar-refractivity contribution in [1.82, 2.24) is 0 Å². The molecule has 0 aromatic rings. The average Bonchev–Trinajstić information content (AvgIpc) is 3.56. The highest BCUT2D eigenvalue weighted by Gasteiger charge is 2.26. The molecule has 0 fully saturated rings. The van der Waals surface area contributed by atoms with Crippen molar-refractivity contribution in [3.05, 3.63) is 0 Å². The molecular weight excluding hydrogens is 1060 g/mol. The molecule has 0 aliphatic rings. The van der Waals surface area contributed by atoms with Crippen molar-refractivity contribution in [2.75, 3.05) is 0 Å². The van der Waals surface area contributed by atoms with Crippen molar-refractivity contribution < 1.29 is 4.79 Å². The Morgan fingerprint density at radius 2 is 0.216 bits per heavy atom. The zero-order chi connectivity index (χ0) is 63.3. The van der Waals surface area contributed by atoms with Gasteiger partial charge in [-0.25, -0.2) is 0 Å². The molecule has 0 aliphatic carbocycles. The van der Waals surface area contributed by atoms with Gasteiger partial charge in [0.2, 0.25) is 0 Å². The molecule has 1 heteroatoms. The molecule has 0 unspecified atom stereocenters. The van der Waals surface area contributed by atoms with Gasteiger partial charge < -0.3 is 0 Å². The van der Waals surface area contributed by atoms with Gasteiger partial charge in [-0.1, -0.05) is 516 Å². The van der Waals surface area contributed by atoms with Gasteiger partial charge in [-0.05, 0) is 25.7 Å². The Hall–Kier alpha value is -0.330. The van der Waals surface area contributed by atoms with E-state index in [1.807, 2.05) is 0 Å². The lowest BCUT2D eigenvalue weighted by Gasteiger charge is -2.23. The van der Waals surface area contributed by atoms with Gasteiger partial charge in [-0.2, -0.15) is 0 Å². The first-order valence-electron chi connectivity index (χ1n) is 43.2. The number of carbonyl (C=O) groups excluding carboxylic acids is 1. The number of hydrogen-bond donors (Lipinski definition) is 0. The molecule has 1 nitrogen and oxygen atoms in total. The molecule has 0 saturated carbocycles. The van der Waals surface area contributed by atoms with Crippen LogP contribution in [0, 0.1) is 11.8 Å². The van der Waals surface area contributed by atoms with Crippen molar-refractivity contribution >= 4 is 5.78 Å². The summed E-state index contributed by atoms with van der Waals surface area (Å²) >= 11 is 0. The second kappa shape index (κ2) is 80.9. The number of carbonyl (C=O) groups is 1. The molecule has 0 rings (SSSR count). The summed E-state index contributed by atoms with van der Waals surface area (Å²) in [5.74, 6) is 1.40. The highest BCUT2D eigenvalue weighted by atomic mass is 16.1. The van der Waals surface area contributed by atoms with Crippen LogP contribution in [0.4, 0.5) is 0 Å². The summed E-state index contributed by atoms with van der Waals surface area (Å²) in [6.45, 7) is 9.29. The van der Waals surface area contributed by atoms with Gasteiger partial charge in [0.1, 0.15) is 5.78 Å². The number of ketones is 1. The number of unbranched alkanes of at least 4 members (excludes halogenated alkanes) is 72. The first-order valence-corrected chi connectivity index (χ1v) is 43.2. The summed E-state index contributed by atoms with van der Waals surface area (Å²) in [4.78, 5) is 14.9. The molecule has 0 saturated heterocycles. The molecule has 0 N–H and O–H groups in total. The lowest BCUT2D eigenvalue weighted by molar-refractivity contribution is -0.128. The summed E-state index contributed by atoms with van der Waals surface area (Å²) in [5, 5.41) is 0. The zero-order valence-electron chi connectivity index (χ0n) is 62.6. The molecule has 0 atom stereocenters. The molecule has 0 bridgehead atoms. The van der Waals surface area contributed by atoms with Gasteiger partial charge >= 0.3 is 0 Å². The van der Waals surface area contributed by atoms with Gasteiger partial charge in [0, 0.05) is 11.8 Å². The summed E-state index contributed by atoms with van der Waals surface area (Å²) in [6, 6.07) is 0. The summed E-state index contributed by atoms with van der Waals surface area (Å²) in [6.07, 6.45) is 114. The highest BCUT2D eigenvalue weighted by Crippen LogP contribution is 2.30. The number of hydrogen-bond acceptors (Lipinski definition) is 1. The Labute approximate surface area is 560 Å². The fourth-order valence-corrected chi connectivity index (χ4v) is 15.1. The third kappa shape index (κ3) is 73.1. The van der Waals surface area contributed by atoms with Crippen molar-refractivity contribution in [3.63, 3.8) is 0 Å². The molecule has 0 radical (unpaired) electrons. The standard InChI is InChI=1S/C87H174O/c1-5-9-13-17-21-25-29-33-37-41-45-49-53-57-61-65-69-73-77-81-85(82-78-74-70-66-62-58-54-50-46-42-38-34-30-26-22-18-14-10-6-2)87(88)86(83-79-75-71-67-63-59-55-51-47-43-39-35-31-27-23-19-15-11-7-3)84-80-76-72-68-64-60-56-52-48-44-40-36-32-28-24-20-16-12-8-4/h85-86H,5-84H2,1-4H3. The predicted molar refractivity (Wildman–Crippen MR) is 404 cm³/mol. The van der Waals surface area contributed by atoms with Crippen molar-refractivity contribution in [2.24, 2.45) is 11.8 Å². The van der Waals surface area contributed by atoms with E-state index in [1.165, 1.54) is 514 Å². The van der Waals surface area contributed by atoms with Gasteiger partial charge in [-0.15, -0.1) is 0 Å². The van der Waals surface area contributed by atoms with Crippen molar-refractivity contribution in [1.29, 1.82) is 0 Å². The summed E-state index contributed by atoms with van der Waals surface area (Å²) in [7, 11) is 0. The average molecular weight is 1240 g/mol. The van der Waals surface area contributed by atoms with Crippen LogP contribution in [0.2, 0.25) is 0 Å². The predicted octanol–water partition coefficient (Wildman–Crippen LogP) is 33.1. The maximum Gasteiger partial charge on any atom is 0.139 e. The minimum Gasteiger partial charge on any atom is -0.299 e. The largest absolute Gasteiger partial charge is 0.299 e. The third-order valence-electron chi connectivity index (χ3n) is 21.4. The van der Waals surface area contributed by atoms with E-state index in [1.54, 1.807) is 0 Å². The first-order chi connectivity index (χ1) is 43.7. The Balaban J connectivity index is 5.02. The Bertz CT molecular complexity index is 1030. The second-order valence-electron chi connectivity index (χ2n) is 30.4. The topological polar surface area (TPSA) is 17.1 Å². The lowest BCUT2D eigenvalue weighted by atomic mass is 9.80. The van der Waals surface area contributed by atoms with E-state index >= 15 is 0 Å². The normalized spacial score (nSPS) is 11.9.